The highest BCUT2D eigenvalue weighted by molar-refractivity contribution is 7.14. The number of carbonyl (C=O) groups excluding carboxylic acids is 1. The first kappa shape index (κ1) is 15.9. The van der Waals surface area contributed by atoms with Crippen LogP contribution in [-0.4, -0.2) is 32.4 Å². The van der Waals surface area contributed by atoms with Crippen molar-refractivity contribution in [2.24, 2.45) is 0 Å². The molecule has 0 aliphatic carbocycles. The zero-order chi connectivity index (χ0) is 15.9. The number of nitriles is 1. The van der Waals surface area contributed by atoms with Crippen LogP contribution in [0.5, 0.6) is 0 Å². The number of nitrogens with zero attached hydrogens (tertiary/aromatic N) is 5. The van der Waals surface area contributed by atoms with Gasteiger partial charge in [-0.25, -0.2) is 14.8 Å². The van der Waals surface area contributed by atoms with Crippen LogP contribution in [0.1, 0.15) is 43.4 Å². The Bertz CT molecular complexity index is 674. The number of unbranched alkanes of at least 4 members (excludes halogenated alkanes) is 1. The molecule has 0 bridgehead atoms. The number of carbonyl (C=O) groups is 1. The molecule has 2 aromatic heterocycles. The molecule has 1 unspecified atom stereocenters. The van der Waals surface area contributed by atoms with E-state index in [-0.39, 0.29) is 0 Å². The minimum atomic E-state index is -0.493. The van der Waals surface area contributed by atoms with Gasteiger partial charge in [-0.05, 0) is 13.3 Å². The minimum Gasteiger partial charge on any atom is -0.450 e. The monoisotopic (exact) mass is 320 g/mol. The second kappa shape index (κ2) is 7.51. The van der Waals surface area contributed by atoms with E-state index < -0.39 is 12.1 Å². The Morgan fingerprint density at radius 3 is 3.09 bits per heavy atom. The third-order valence-electron chi connectivity index (χ3n) is 2.81. The second-order valence-corrected chi connectivity index (χ2v) is 5.51. The fourth-order valence-corrected chi connectivity index (χ4v) is 2.38. The Kier molecular flexibility index (Phi) is 5.43. The van der Waals surface area contributed by atoms with Crippen LogP contribution in [0.4, 0.5) is 4.79 Å². The molecule has 0 aromatic carbocycles. The van der Waals surface area contributed by atoms with Crippen LogP contribution in [0.2, 0.25) is 0 Å². The van der Waals surface area contributed by atoms with Crippen LogP contribution in [0.3, 0.4) is 0 Å². The third kappa shape index (κ3) is 3.79. The Morgan fingerprint density at radius 2 is 2.41 bits per heavy atom. The lowest BCUT2D eigenvalue weighted by Gasteiger charge is -2.13. The average Bonchev–Trinajstić information content (AvgIpc) is 3.15. The van der Waals surface area contributed by atoms with Gasteiger partial charge in [0.1, 0.15) is 17.3 Å². The molecule has 1 N–H and O–H groups in total. The molecule has 0 saturated heterocycles. The average molecular weight is 320 g/mol. The number of hydrogen-bond donors (Lipinski definition) is 1. The quantitative estimate of drug-likeness (QED) is 0.818. The minimum absolute atomic E-state index is 0.389. The Morgan fingerprint density at radius 1 is 1.59 bits per heavy atom. The first-order valence-electron chi connectivity index (χ1n) is 6.85. The van der Waals surface area contributed by atoms with Gasteiger partial charge in [0.2, 0.25) is 5.13 Å². The molecule has 0 saturated carbocycles. The second-order valence-electron chi connectivity index (χ2n) is 4.50. The largest absolute Gasteiger partial charge is 0.450 e. The lowest BCUT2D eigenvalue weighted by atomic mass is 10.3. The van der Waals surface area contributed by atoms with E-state index in [1.807, 2.05) is 13.0 Å². The van der Waals surface area contributed by atoms with E-state index in [9.17, 15) is 4.79 Å². The van der Waals surface area contributed by atoms with Crippen LogP contribution < -0.4 is 5.32 Å². The van der Waals surface area contributed by atoms with Gasteiger partial charge in [-0.15, -0.1) is 0 Å². The van der Waals surface area contributed by atoms with Crippen molar-refractivity contribution in [1.82, 2.24) is 25.1 Å². The summed E-state index contributed by atoms with van der Waals surface area (Å²) in [5.74, 6) is 0.520. The molecular weight excluding hydrogens is 304 g/mol. The maximum atomic E-state index is 11.7. The summed E-state index contributed by atoms with van der Waals surface area (Å²) in [6, 6.07) is 1.63. The molecule has 0 fully saturated rings. The van der Waals surface area contributed by atoms with E-state index in [0.717, 1.165) is 12.8 Å². The fraction of sp³-hybridized carbons (Fsp3) is 0.462. The van der Waals surface area contributed by atoms with E-state index in [4.69, 9.17) is 10.00 Å². The molecule has 0 spiro atoms. The van der Waals surface area contributed by atoms with E-state index in [0.29, 0.717) is 22.4 Å². The van der Waals surface area contributed by atoms with Gasteiger partial charge in [0.15, 0.2) is 5.82 Å². The number of nitrogens with one attached hydrogen (secondary N) is 1. The summed E-state index contributed by atoms with van der Waals surface area (Å²) in [4.78, 5) is 20.4. The first-order chi connectivity index (χ1) is 10.7. The van der Waals surface area contributed by atoms with Crippen molar-refractivity contribution >= 4 is 17.4 Å². The van der Waals surface area contributed by atoms with Crippen molar-refractivity contribution in [3.63, 3.8) is 0 Å². The van der Waals surface area contributed by atoms with Gasteiger partial charge in [0, 0.05) is 0 Å². The molecule has 2 rings (SSSR count). The lowest BCUT2D eigenvalue weighted by molar-refractivity contribution is 0.141. The van der Waals surface area contributed by atoms with Gasteiger partial charge in [-0.1, -0.05) is 24.7 Å². The highest BCUT2D eigenvalue weighted by Crippen LogP contribution is 2.19. The van der Waals surface area contributed by atoms with Crippen molar-refractivity contribution < 1.29 is 9.53 Å². The Hall–Kier alpha value is -2.47. The predicted molar refractivity (Wildman–Crippen MR) is 79.6 cm³/mol. The maximum absolute atomic E-state index is 11.7. The zero-order valence-corrected chi connectivity index (χ0v) is 13.1. The third-order valence-corrected chi connectivity index (χ3v) is 3.69. The first-order valence-corrected chi connectivity index (χ1v) is 7.66. The topological polar surface area (TPSA) is 106 Å². The normalized spacial score (nSPS) is 11.7. The zero-order valence-electron chi connectivity index (χ0n) is 12.3. The predicted octanol–water partition coefficient (Wildman–Crippen LogP) is 2.18. The highest BCUT2D eigenvalue weighted by Gasteiger charge is 2.19. The summed E-state index contributed by atoms with van der Waals surface area (Å²) in [5.41, 5.74) is 0. The lowest BCUT2D eigenvalue weighted by Crippen LogP contribution is -2.29. The van der Waals surface area contributed by atoms with E-state index in [1.165, 1.54) is 28.5 Å². The summed E-state index contributed by atoms with van der Waals surface area (Å²) in [6.45, 7) is 4.19. The molecule has 1 atom stereocenters. The molecule has 0 aliphatic heterocycles. The van der Waals surface area contributed by atoms with Crippen molar-refractivity contribution in [3.8, 4) is 11.2 Å². The van der Waals surface area contributed by atoms with Gasteiger partial charge < -0.3 is 10.1 Å². The summed E-state index contributed by atoms with van der Waals surface area (Å²) >= 11 is 1.20. The van der Waals surface area contributed by atoms with Gasteiger partial charge in [0.05, 0.1) is 18.8 Å². The number of alkyl carbamates (subject to hydrolysis) is 1. The van der Waals surface area contributed by atoms with Crippen LogP contribution >= 0.6 is 11.3 Å². The van der Waals surface area contributed by atoms with Crippen LogP contribution in [-0.2, 0) is 4.74 Å². The molecule has 8 nitrogen and oxygen atoms in total. The number of ether oxygens (including phenoxy) is 1. The maximum Gasteiger partial charge on any atom is 0.407 e. The number of hydrogen-bond acceptors (Lipinski definition) is 7. The van der Waals surface area contributed by atoms with Gasteiger partial charge in [-0.3, -0.25) is 0 Å². The molecule has 116 valence electrons. The van der Waals surface area contributed by atoms with Gasteiger partial charge in [-0.2, -0.15) is 15.0 Å². The number of amides is 1. The van der Waals surface area contributed by atoms with E-state index >= 15 is 0 Å². The van der Waals surface area contributed by atoms with Crippen molar-refractivity contribution in [1.29, 1.82) is 5.26 Å². The van der Waals surface area contributed by atoms with Crippen LogP contribution in [0.25, 0.3) is 5.13 Å². The number of thiazole rings is 1. The standard InChI is InChI=1S/C13H16N6O2S/c1-3-4-5-21-13(20)18-9(2)11-16-8-17-19(11)12-15-7-10(6-14)22-12/h7-9H,3-5H2,1-2H3,(H,18,20). The van der Waals surface area contributed by atoms with Crippen LogP contribution in [0.15, 0.2) is 12.5 Å². The van der Waals surface area contributed by atoms with E-state index in [2.05, 4.69) is 20.4 Å². The number of aromatic nitrogens is 4. The fourth-order valence-electron chi connectivity index (χ4n) is 1.70. The summed E-state index contributed by atoms with van der Waals surface area (Å²) in [5, 5.41) is 16.2. The SMILES string of the molecule is CCCCOC(=O)NC(C)c1ncnn1-c1ncc(C#N)s1. The summed E-state index contributed by atoms with van der Waals surface area (Å²) in [6.07, 6.45) is 4.15. The molecule has 1 amide bonds. The molecule has 0 radical (unpaired) electrons. The molecule has 22 heavy (non-hydrogen) atoms. The van der Waals surface area contributed by atoms with Gasteiger partial charge >= 0.3 is 6.09 Å². The van der Waals surface area contributed by atoms with Gasteiger partial charge in [0.25, 0.3) is 0 Å². The number of rotatable bonds is 6. The molecule has 9 heteroatoms. The summed E-state index contributed by atoms with van der Waals surface area (Å²) in [7, 11) is 0. The molecular formula is C13H16N6O2S. The molecule has 2 heterocycles. The van der Waals surface area contributed by atoms with Crippen LogP contribution in [0, 0.1) is 11.3 Å². The Labute approximate surface area is 131 Å². The van der Waals surface area contributed by atoms with E-state index in [1.54, 1.807) is 6.92 Å². The summed E-state index contributed by atoms with van der Waals surface area (Å²) < 4.78 is 6.56. The van der Waals surface area contributed by atoms with Crippen molar-refractivity contribution in [2.45, 2.75) is 32.7 Å². The Balaban J connectivity index is 2.05. The molecule has 0 aliphatic rings. The van der Waals surface area contributed by atoms with Crippen molar-refractivity contribution in [2.75, 3.05) is 6.61 Å². The highest BCUT2D eigenvalue weighted by atomic mass is 32.1. The smallest absolute Gasteiger partial charge is 0.407 e. The molecule has 2 aromatic rings. The van der Waals surface area contributed by atoms with Crippen molar-refractivity contribution in [3.05, 3.63) is 23.2 Å².